The Morgan fingerprint density at radius 1 is 0.556 bits per heavy atom. The molecule has 11 rings (SSSR count). The zero-order chi connectivity index (χ0) is 42.7. The van der Waals surface area contributed by atoms with Gasteiger partial charge in [-0.3, -0.25) is 0 Å². The zero-order valence-corrected chi connectivity index (χ0v) is 36.3. The van der Waals surface area contributed by atoms with Crippen LogP contribution >= 0.6 is 11.3 Å². The molecule has 7 heteroatoms. The second-order valence-electron chi connectivity index (χ2n) is 17.5. The molecule has 0 amide bonds. The van der Waals surface area contributed by atoms with Crippen LogP contribution in [0.2, 0.25) is 0 Å². The second-order valence-corrected chi connectivity index (χ2v) is 18.5. The summed E-state index contributed by atoms with van der Waals surface area (Å²) in [7, 11) is 0. The molecule has 0 bridgehead atoms. The molecule has 0 saturated heterocycles. The first-order chi connectivity index (χ1) is 30.8. The summed E-state index contributed by atoms with van der Waals surface area (Å²) in [5, 5.41) is 6.22. The van der Waals surface area contributed by atoms with Gasteiger partial charge in [0.05, 0.1) is 5.70 Å². The van der Waals surface area contributed by atoms with E-state index < -0.39 is 0 Å². The molecule has 0 saturated carbocycles. The lowest BCUT2D eigenvalue weighted by Gasteiger charge is -2.38. The van der Waals surface area contributed by atoms with Gasteiger partial charge in [0.2, 0.25) is 0 Å². The zero-order valence-electron chi connectivity index (χ0n) is 35.5. The average Bonchev–Trinajstić information content (AvgIpc) is 3.92. The van der Waals surface area contributed by atoms with Crippen molar-refractivity contribution in [2.24, 2.45) is 5.41 Å². The molecule has 6 nitrogen and oxygen atoms in total. The number of thiophene rings is 1. The fourth-order valence-corrected chi connectivity index (χ4v) is 10.6. The number of aromatic nitrogens is 3. The first-order valence-corrected chi connectivity index (χ1v) is 22.5. The Morgan fingerprint density at radius 2 is 1.13 bits per heavy atom. The van der Waals surface area contributed by atoms with Crippen LogP contribution in [0.5, 0.6) is 0 Å². The highest BCUT2D eigenvalue weighted by molar-refractivity contribution is 7.26. The molecule has 1 aliphatic carbocycles. The number of nitrogens with one attached hydrogen (secondary N) is 1. The molecule has 0 fully saturated rings. The van der Waals surface area contributed by atoms with Crippen molar-refractivity contribution in [2.75, 3.05) is 10.6 Å². The molecule has 1 atom stereocenters. The third kappa shape index (κ3) is 6.95. The summed E-state index contributed by atoms with van der Waals surface area (Å²) in [6.45, 7) is 6.89. The molecule has 0 spiro atoms. The van der Waals surface area contributed by atoms with Crippen molar-refractivity contribution in [3.05, 3.63) is 187 Å². The minimum absolute atomic E-state index is 0.0345. The topological polar surface area (TPSA) is 80.0 Å². The number of anilines is 2. The van der Waals surface area contributed by atoms with E-state index in [0.717, 1.165) is 56.5 Å². The standard InChI is InChI=1S/C56H46N6S/c1-56(2,3)55-58-48-26-12-13-27-49(48)62(55)39-31-28-36(29-32-39)41-33-30-38(34-47(41)57)40-20-10-11-21-45(40)53-59-52(37-18-8-5-9-19-37)60-54(61-53)46-25-15-24-44-43-23-14-22-42(50(43)63-51(44)46)35-16-6-4-7-17-35/h4-12,14-26,28-34,55,58H,13,27,57H2,1-3H3. The van der Waals surface area contributed by atoms with Crippen LogP contribution in [0.1, 0.15) is 33.6 Å². The number of hydrogen-bond acceptors (Lipinski definition) is 7. The fourth-order valence-electron chi connectivity index (χ4n) is 9.21. The number of fused-ring (bicyclic) bond motifs is 3. The van der Waals surface area contributed by atoms with Crippen molar-refractivity contribution in [1.29, 1.82) is 0 Å². The lowest BCUT2D eigenvalue weighted by atomic mass is 9.91. The van der Waals surface area contributed by atoms with E-state index in [0.29, 0.717) is 23.2 Å². The van der Waals surface area contributed by atoms with Gasteiger partial charge in [-0.15, -0.1) is 11.3 Å². The second kappa shape index (κ2) is 15.5. The van der Waals surface area contributed by atoms with Gasteiger partial charge in [-0.1, -0.05) is 166 Å². The van der Waals surface area contributed by atoms with E-state index in [2.05, 4.69) is 183 Å². The van der Waals surface area contributed by atoms with Crippen LogP contribution in [0, 0.1) is 5.41 Å². The van der Waals surface area contributed by atoms with Gasteiger partial charge < -0.3 is 16.0 Å². The van der Waals surface area contributed by atoms with Crippen LogP contribution in [0.25, 0.3) is 87.7 Å². The average molecular weight is 835 g/mol. The first kappa shape index (κ1) is 38.6. The van der Waals surface area contributed by atoms with Gasteiger partial charge in [0, 0.05) is 64.9 Å². The van der Waals surface area contributed by atoms with Gasteiger partial charge in [0.15, 0.2) is 17.5 Å². The molecule has 1 aliphatic heterocycles. The minimum atomic E-state index is 0.0345. The van der Waals surface area contributed by atoms with Crippen molar-refractivity contribution in [3.8, 4) is 67.5 Å². The van der Waals surface area contributed by atoms with Crippen LogP contribution in [0.4, 0.5) is 11.4 Å². The van der Waals surface area contributed by atoms with E-state index in [-0.39, 0.29) is 11.6 Å². The Kier molecular flexibility index (Phi) is 9.50. The van der Waals surface area contributed by atoms with Gasteiger partial charge in [-0.05, 0) is 71.0 Å². The van der Waals surface area contributed by atoms with Gasteiger partial charge in [-0.2, -0.15) is 0 Å². The van der Waals surface area contributed by atoms with Crippen molar-refractivity contribution in [3.63, 3.8) is 0 Å². The third-order valence-corrected chi connectivity index (χ3v) is 13.6. The maximum atomic E-state index is 6.96. The maximum Gasteiger partial charge on any atom is 0.165 e. The van der Waals surface area contributed by atoms with E-state index in [1.54, 1.807) is 11.3 Å². The van der Waals surface area contributed by atoms with Crippen molar-refractivity contribution < 1.29 is 0 Å². The Balaban J connectivity index is 0.980. The Bertz CT molecular complexity index is 3250. The summed E-state index contributed by atoms with van der Waals surface area (Å²) >= 11 is 1.80. The van der Waals surface area contributed by atoms with Crippen LogP contribution in [-0.2, 0) is 0 Å². The van der Waals surface area contributed by atoms with Gasteiger partial charge in [-0.25, -0.2) is 15.0 Å². The number of allylic oxidation sites excluding steroid dienone is 3. The van der Waals surface area contributed by atoms with E-state index in [1.165, 1.54) is 43.7 Å². The molecule has 7 aromatic carbocycles. The van der Waals surface area contributed by atoms with Crippen LogP contribution in [-0.4, -0.2) is 21.1 Å². The smallest absolute Gasteiger partial charge is 0.165 e. The lowest BCUT2D eigenvalue weighted by molar-refractivity contribution is 0.298. The number of hydrogen-bond donors (Lipinski definition) is 2. The molecule has 3 N–H and O–H groups in total. The highest BCUT2D eigenvalue weighted by atomic mass is 32.1. The number of nitrogen functional groups attached to an aromatic ring is 1. The van der Waals surface area contributed by atoms with E-state index in [9.17, 15) is 0 Å². The SMILES string of the molecule is CC(C)(C)C1NC2=C(CCC=C2)N1c1ccc(-c2ccc(-c3ccccc3-c3nc(-c4ccccc4)nc(-c4cccc5c4sc4c(-c6ccccc6)cccc45)n3)cc2N)cc1. The summed E-state index contributed by atoms with van der Waals surface area (Å²) in [6.07, 6.45) is 6.76. The van der Waals surface area contributed by atoms with Crippen molar-refractivity contribution in [2.45, 2.75) is 39.8 Å². The Morgan fingerprint density at radius 3 is 1.83 bits per heavy atom. The summed E-state index contributed by atoms with van der Waals surface area (Å²) in [5.74, 6) is 1.86. The molecule has 3 heterocycles. The van der Waals surface area contributed by atoms with Crippen LogP contribution in [0.3, 0.4) is 0 Å². The van der Waals surface area contributed by atoms with Crippen molar-refractivity contribution >= 4 is 42.9 Å². The fraction of sp³-hybridized carbons (Fsp3) is 0.125. The summed E-state index contributed by atoms with van der Waals surface area (Å²) in [6, 6.07) is 57.4. The minimum Gasteiger partial charge on any atom is -0.398 e. The number of rotatable bonds is 7. The quantitative estimate of drug-likeness (QED) is 0.156. The summed E-state index contributed by atoms with van der Waals surface area (Å²) < 4.78 is 2.40. The predicted octanol–water partition coefficient (Wildman–Crippen LogP) is 14.2. The number of benzene rings is 7. The summed E-state index contributed by atoms with van der Waals surface area (Å²) in [4.78, 5) is 18.1. The number of nitrogens with two attached hydrogens (primary N) is 1. The van der Waals surface area contributed by atoms with Crippen LogP contribution in [0.15, 0.2) is 187 Å². The molecule has 2 aliphatic rings. The molecular weight excluding hydrogens is 789 g/mol. The van der Waals surface area contributed by atoms with Gasteiger partial charge >= 0.3 is 0 Å². The number of nitrogens with zero attached hydrogens (tertiary/aromatic N) is 4. The van der Waals surface area contributed by atoms with Gasteiger partial charge in [0.1, 0.15) is 6.17 Å². The Hall–Kier alpha value is -7.35. The first-order valence-electron chi connectivity index (χ1n) is 21.7. The molecule has 0 radical (unpaired) electrons. The largest absolute Gasteiger partial charge is 0.398 e. The Labute approximate surface area is 372 Å². The highest BCUT2D eigenvalue weighted by Gasteiger charge is 2.39. The van der Waals surface area contributed by atoms with Gasteiger partial charge in [0.25, 0.3) is 0 Å². The monoisotopic (exact) mass is 834 g/mol. The predicted molar refractivity (Wildman–Crippen MR) is 264 cm³/mol. The van der Waals surface area contributed by atoms with E-state index >= 15 is 0 Å². The molecule has 2 aromatic heterocycles. The van der Waals surface area contributed by atoms with E-state index in [4.69, 9.17) is 20.7 Å². The molecule has 306 valence electrons. The van der Waals surface area contributed by atoms with Crippen molar-refractivity contribution in [1.82, 2.24) is 20.3 Å². The van der Waals surface area contributed by atoms with Crippen LogP contribution < -0.4 is 16.0 Å². The van der Waals surface area contributed by atoms with E-state index in [1.807, 2.05) is 24.3 Å². The third-order valence-electron chi connectivity index (χ3n) is 12.3. The molecule has 9 aromatic rings. The summed E-state index contributed by atoms with van der Waals surface area (Å²) in [5.41, 5.74) is 20.8. The molecule has 63 heavy (non-hydrogen) atoms. The maximum absolute atomic E-state index is 6.96. The lowest BCUT2D eigenvalue weighted by Crippen LogP contribution is -2.47. The molecular formula is C56H46N6S. The highest BCUT2D eigenvalue weighted by Crippen LogP contribution is 2.45. The normalized spacial score (nSPS) is 15.0. The molecule has 1 unspecified atom stereocenters.